The molecule has 1 atom stereocenters. The van der Waals surface area contributed by atoms with Crippen LogP contribution in [0.4, 0.5) is 8.78 Å². The van der Waals surface area contributed by atoms with Gasteiger partial charge in [-0.3, -0.25) is 0 Å². The van der Waals surface area contributed by atoms with Crippen molar-refractivity contribution in [1.29, 1.82) is 0 Å². The molecule has 1 aliphatic heterocycles. The molecule has 17 heavy (non-hydrogen) atoms. The SMILES string of the molecule is CCNC(C1=CCCO1)c1c(F)cccc1F. The van der Waals surface area contributed by atoms with Gasteiger partial charge in [-0.05, 0) is 24.8 Å². The Morgan fingerprint density at radius 2 is 2.06 bits per heavy atom. The Labute approximate surface area is 99.3 Å². The Morgan fingerprint density at radius 3 is 2.59 bits per heavy atom. The first-order chi connectivity index (χ1) is 8.24. The second kappa shape index (κ2) is 5.27. The molecule has 4 heteroatoms. The van der Waals surface area contributed by atoms with Crippen LogP contribution in [-0.2, 0) is 4.74 Å². The lowest BCUT2D eigenvalue weighted by Crippen LogP contribution is -2.25. The highest BCUT2D eigenvalue weighted by atomic mass is 19.1. The van der Waals surface area contributed by atoms with E-state index in [1.807, 2.05) is 13.0 Å². The molecule has 1 aromatic carbocycles. The second-order valence-corrected chi connectivity index (χ2v) is 3.87. The molecule has 0 spiro atoms. The Hall–Kier alpha value is -1.42. The van der Waals surface area contributed by atoms with Crippen molar-refractivity contribution in [3.05, 3.63) is 47.2 Å². The molecule has 1 unspecified atom stereocenters. The van der Waals surface area contributed by atoms with E-state index >= 15 is 0 Å². The van der Waals surface area contributed by atoms with E-state index < -0.39 is 17.7 Å². The molecule has 0 amide bonds. The topological polar surface area (TPSA) is 21.3 Å². The van der Waals surface area contributed by atoms with Crippen molar-refractivity contribution in [3.63, 3.8) is 0 Å². The minimum absolute atomic E-state index is 0.0301. The van der Waals surface area contributed by atoms with Crippen LogP contribution < -0.4 is 5.32 Å². The van der Waals surface area contributed by atoms with E-state index in [1.54, 1.807) is 0 Å². The van der Waals surface area contributed by atoms with Gasteiger partial charge in [0.05, 0.1) is 12.6 Å². The van der Waals surface area contributed by atoms with Crippen molar-refractivity contribution < 1.29 is 13.5 Å². The number of ether oxygens (including phenoxy) is 1. The molecule has 0 aliphatic carbocycles. The summed E-state index contributed by atoms with van der Waals surface area (Å²) < 4.78 is 32.8. The van der Waals surface area contributed by atoms with Gasteiger partial charge in [-0.2, -0.15) is 0 Å². The van der Waals surface area contributed by atoms with Gasteiger partial charge in [-0.25, -0.2) is 8.78 Å². The fraction of sp³-hybridized carbons (Fsp3) is 0.385. The van der Waals surface area contributed by atoms with Crippen LogP contribution in [0, 0.1) is 11.6 Å². The van der Waals surface area contributed by atoms with Crippen molar-refractivity contribution in [2.75, 3.05) is 13.2 Å². The van der Waals surface area contributed by atoms with E-state index in [2.05, 4.69) is 5.32 Å². The molecule has 0 saturated carbocycles. The molecule has 0 fully saturated rings. The normalized spacial score (nSPS) is 16.5. The summed E-state index contributed by atoms with van der Waals surface area (Å²) in [5, 5.41) is 3.05. The van der Waals surface area contributed by atoms with Crippen LogP contribution in [0.2, 0.25) is 0 Å². The summed E-state index contributed by atoms with van der Waals surface area (Å²) in [4.78, 5) is 0. The number of nitrogens with one attached hydrogen (secondary N) is 1. The first-order valence-electron chi connectivity index (χ1n) is 5.74. The highest BCUT2D eigenvalue weighted by molar-refractivity contribution is 5.29. The molecule has 0 aromatic heterocycles. The van der Waals surface area contributed by atoms with Gasteiger partial charge in [0.25, 0.3) is 0 Å². The van der Waals surface area contributed by atoms with Crippen molar-refractivity contribution in [1.82, 2.24) is 5.32 Å². The molecule has 1 aliphatic rings. The number of hydrogen-bond acceptors (Lipinski definition) is 2. The maximum Gasteiger partial charge on any atom is 0.131 e. The molecule has 2 rings (SSSR count). The summed E-state index contributed by atoms with van der Waals surface area (Å²) in [6.45, 7) is 3.08. The third kappa shape index (κ3) is 2.47. The van der Waals surface area contributed by atoms with Crippen LogP contribution in [0.25, 0.3) is 0 Å². The predicted octanol–water partition coefficient (Wildman–Crippen LogP) is 2.92. The molecular formula is C13H15F2NO. The first kappa shape index (κ1) is 12.0. The second-order valence-electron chi connectivity index (χ2n) is 3.87. The van der Waals surface area contributed by atoms with E-state index in [0.717, 1.165) is 6.42 Å². The van der Waals surface area contributed by atoms with Crippen molar-refractivity contribution in [2.24, 2.45) is 0 Å². The van der Waals surface area contributed by atoms with Crippen LogP contribution in [0.15, 0.2) is 30.0 Å². The summed E-state index contributed by atoms with van der Waals surface area (Å²) in [6, 6.07) is 3.35. The van der Waals surface area contributed by atoms with E-state index in [9.17, 15) is 8.78 Å². The minimum atomic E-state index is -0.549. The number of benzene rings is 1. The number of hydrogen-bond donors (Lipinski definition) is 1. The molecule has 0 radical (unpaired) electrons. The third-order valence-electron chi connectivity index (χ3n) is 2.71. The molecule has 1 N–H and O–H groups in total. The van der Waals surface area contributed by atoms with Gasteiger partial charge in [-0.1, -0.05) is 13.0 Å². The fourth-order valence-electron chi connectivity index (χ4n) is 1.97. The lowest BCUT2D eigenvalue weighted by molar-refractivity contribution is 0.213. The molecule has 1 heterocycles. The molecule has 92 valence electrons. The van der Waals surface area contributed by atoms with Crippen LogP contribution >= 0.6 is 0 Å². The van der Waals surface area contributed by atoms with Crippen LogP contribution in [0.1, 0.15) is 24.9 Å². The number of halogens is 2. The van der Waals surface area contributed by atoms with Crippen molar-refractivity contribution in [2.45, 2.75) is 19.4 Å². The van der Waals surface area contributed by atoms with Gasteiger partial charge in [-0.15, -0.1) is 0 Å². The average Bonchev–Trinajstić information content (AvgIpc) is 2.80. The van der Waals surface area contributed by atoms with E-state index in [-0.39, 0.29) is 5.56 Å². The minimum Gasteiger partial charge on any atom is -0.496 e. The Bertz CT molecular complexity index is 411. The molecule has 0 bridgehead atoms. The standard InChI is InChI=1S/C13H15F2NO/c1-2-16-13(11-7-4-8-17-11)12-9(14)5-3-6-10(12)15/h3,5-7,13,16H,2,4,8H2,1H3. The van der Waals surface area contributed by atoms with E-state index in [0.29, 0.717) is 18.9 Å². The summed E-state index contributed by atoms with van der Waals surface area (Å²) in [5.41, 5.74) is 0.0301. The van der Waals surface area contributed by atoms with E-state index in [1.165, 1.54) is 18.2 Å². The lowest BCUT2D eigenvalue weighted by atomic mass is 10.0. The lowest BCUT2D eigenvalue weighted by Gasteiger charge is -2.20. The maximum atomic E-state index is 13.7. The van der Waals surface area contributed by atoms with Gasteiger partial charge in [0, 0.05) is 12.0 Å². The van der Waals surface area contributed by atoms with Gasteiger partial charge in [0.1, 0.15) is 17.4 Å². The van der Waals surface area contributed by atoms with Gasteiger partial charge in [0.2, 0.25) is 0 Å². The summed E-state index contributed by atoms with van der Waals surface area (Å²) in [7, 11) is 0. The van der Waals surface area contributed by atoms with Crippen molar-refractivity contribution >= 4 is 0 Å². The zero-order valence-corrected chi connectivity index (χ0v) is 9.67. The predicted molar refractivity (Wildman–Crippen MR) is 61.4 cm³/mol. The summed E-state index contributed by atoms with van der Waals surface area (Å²) >= 11 is 0. The summed E-state index contributed by atoms with van der Waals surface area (Å²) in [5.74, 6) is -0.490. The van der Waals surface area contributed by atoms with Crippen LogP contribution in [0.5, 0.6) is 0 Å². The largest absolute Gasteiger partial charge is 0.496 e. The van der Waals surface area contributed by atoms with E-state index in [4.69, 9.17) is 4.74 Å². The van der Waals surface area contributed by atoms with Crippen molar-refractivity contribution in [3.8, 4) is 0 Å². The third-order valence-corrected chi connectivity index (χ3v) is 2.71. The quantitative estimate of drug-likeness (QED) is 0.872. The zero-order valence-electron chi connectivity index (χ0n) is 9.67. The highest BCUT2D eigenvalue weighted by Crippen LogP contribution is 2.29. The van der Waals surface area contributed by atoms with Gasteiger partial charge in [0.15, 0.2) is 0 Å². The molecular weight excluding hydrogens is 224 g/mol. The molecule has 1 aromatic rings. The average molecular weight is 239 g/mol. The number of likely N-dealkylation sites (N-methyl/N-ethyl adjacent to an activating group) is 1. The monoisotopic (exact) mass is 239 g/mol. The Kier molecular flexibility index (Phi) is 3.74. The zero-order chi connectivity index (χ0) is 12.3. The highest BCUT2D eigenvalue weighted by Gasteiger charge is 2.25. The van der Waals surface area contributed by atoms with Crippen LogP contribution in [-0.4, -0.2) is 13.2 Å². The first-order valence-corrected chi connectivity index (χ1v) is 5.74. The molecule has 0 saturated heterocycles. The Balaban J connectivity index is 2.38. The molecule has 2 nitrogen and oxygen atoms in total. The van der Waals surface area contributed by atoms with Gasteiger partial charge >= 0.3 is 0 Å². The van der Waals surface area contributed by atoms with Crippen LogP contribution in [0.3, 0.4) is 0 Å². The smallest absolute Gasteiger partial charge is 0.131 e. The Morgan fingerprint density at radius 1 is 1.35 bits per heavy atom. The summed E-state index contributed by atoms with van der Waals surface area (Å²) in [6.07, 6.45) is 2.66. The fourth-order valence-corrected chi connectivity index (χ4v) is 1.97. The number of rotatable bonds is 4. The maximum absolute atomic E-state index is 13.7. The van der Waals surface area contributed by atoms with Gasteiger partial charge < -0.3 is 10.1 Å².